The average Bonchev–Trinajstić information content (AvgIpc) is 3.40. The molecular weight excluding hydrogens is 430 g/mol. The van der Waals surface area contributed by atoms with Crippen molar-refractivity contribution in [3.05, 3.63) is 59.1 Å². The van der Waals surface area contributed by atoms with E-state index < -0.39 is 5.54 Å². The van der Waals surface area contributed by atoms with E-state index in [2.05, 4.69) is 41.9 Å². The highest BCUT2D eigenvalue weighted by Crippen LogP contribution is 2.35. The van der Waals surface area contributed by atoms with Crippen LogP contribution < -0.4 is 5.32 Å². The Hall–Kier alpha value is -2.60. The number of carbonyl (C=O) groups is 2. The molecule has 3 heterocycles. The third-order valence-corrected chi connectivity index (χ3v) is 8.88. The summed E-state index contributed by atoms with van der Waals surface area (Å²) in [6.07, 6.45) is 4.09. The van der Waals surface area contributed by atoms with Crippen LogP contribution in [0.25, 0.3) is 10.2 Å². The van der Waals surface area contributed by atoms with Crippen LogP contribution in [0.3, 0.4) is 0 Å². The minimum atomic E-state index is -0.937. The molecular formula is C27H33N3O2S. The molecule has 0 bridgehead atoms. The van der Waals surface area contributed by atoms with E-state index in [9.17, 15) is 9.59 Å². The van der Waals surface area contributed by atoms with Crippen LogP contribution >= 0.6 is 11.3 Å². The zero-order valence-corrected chi connectivity index (χ0v) is 20.5. The molecule has 1 N–H and O–H groups in total. The Morgan fingerprint density at radius 3 is 2.76 bits per heavy atom. The summed E-state index contributed by atoms with van der Waals surface area (Å²) in [6, 6.07) is 14.4. The zero-order chi connectivity index (χ0) is 23.2. The molecule has 33 heavy (non-hydrogen) atoms. The summed E-state index contributed by atoms with van der Waals surface area (Å²) >= 11 is 1.64. The van der Waals surface area contributed by atoms with Gasteiger partial charge in [0.25, 0.3) is 5.91 Å². The van der Waals surface area contributed by atoms with E-state index in [-0.39, 0.29) is 17.9 Å². The van der Waals surface area contributed by atoms with Gasteiger partial charge < -0.3 is 14.8 Å². The Kier molecular flexibility index (Phi) is 5.81. The monoisotopic (exact) mass is 463 g/mol. The van der Waals surface area contributed by atoms with E-state index in [1.165, 1.54) is 12.0 Å². The molecule has 174 valence electrons. The number of hydrogen-bond donors (Lipinski definition) is 1. The van der Waals surface area contributed by atoms with Crippen molar-refractivity contribution in [1.82, 2.24) is 14.8 Å². The first-order chi connectivity index (χ1) is 15.9. The van der Waals surface area contributed by atoms with Crippen LogP contribution in [0, 0.1) is 11.8 Å². The fraction of sp³-hybridized carbons (Fsp3) is 0.481. The third kappa shape index (κ3) is 3.88. The molecule has 1 saturated carbocycles. The van der Waals surface area contributed by atoms with Crippen molar-refractivity contribution < 1.29 is 9.59 Å². The summed E-state index contributed by atoms with van der Waals surface area (Å²) < 4.78 is 3.15. The van der Waals surface area contributed by atoms with Gasteiger partial charge in [0.1, 0.15) is 11.2 Å². The number of thiophene rings is 1. The zero-order valence-electron chi connectivity index (χ0n) is 19.7. The minimum Gasteiger partial charge on any atom is -0.351 e. The molecule has 1 aliphatic heterocycles. The highest BCUT2D eigenvalue weighted by atomic mass is 32.1. The maximum absolute atomic E-state index is 13.9. The second-order valence-electron chi connectivity index (χ2n) is 10.1. The predicted octanol–water partition coefficient (Wildman–Crippen LogP) is 5.10. The standard InChI is InChI=1S/C27H33N3O2S/c1-18-8-7-11-21(19(18)2)28-26(32)27(3)17-29-22-13-15-33-24(22)16-23(29)25(31)30(27)14-12-20-9-5-4-6-10-20/h4-6,9-10,13,15-16,18-19,21H,7-8,11-12,14,17H2,1-3H3,(H,28,32). The quantitative estimate of drug-likeness (QED) is 0.572. The van der Waals surface area contributed by atoms with Gasteiger partial charge >= 0.3 is 0 Å². The van der Waals surface area contributed by atoms with E-state index in [4.69, 9.17) is 0 Å². The molecule has 1 aliphatic carbocycles. The lowest BCUT2D eigenvalue weighted by atomic mass is 9.77. The highest BCUT2D eigenvalue weighted by Gasteiger charge is 2.48. The van der Waals surface area contributed by atoms with Crippen molar-refractivity contribution in [2.24, 2.45) is 11.8 Å². The SMILES string of the molecule is CC1CCCC(NC(=O)C2(C)Cn3c(cc4sccc43)C(=O)N2CCc2ccccc2)C1C. The van der Waals surface area contributed by atoms with Gasteiger partial charge in [-0.3, -0.25) is 9.59 Å². The van der Waals surface area contributed by atoms with E-state index in [1.807, 2.05) is 41.5 Å². The maximum atomic E-state index is 13.9. The molecule has 2 aliphatic rings. The smallest absolute Gasteiger partial charge is 0.271 e. The molecule has 0 spiro atoms. The number of aromatic nitrogens is 1. The first kappa shape index (κ1) is 22.2. The molecule has 5 rings (SSSR count). The van der Waals surface area contributed by atoms with Crippen molar-refractivity contribution in [2.75, 3.05) is 6.54 Å². The lowest BCUT2D eigenvalue weighted by Gasteiger charge is -2.45. The van der Waals surface area contributed by atoms with Crippen LogP contribution in [0.4, 0.5) is 0 Å². The minimum absolute atomic E-state index is 0.0300. The van der Waals surface area contributed by atoms with Crippen LogP contribution in [-0.2, 0) is 17.8 Å². The van der Waals surface area contributed by atoms with Crippen molar-refractivity contribution in [1.29, 1.82) is 0 Å². The van der Waals surface area contributed by atoms with Gasteiger partial charge in [0.05, 0.1) is 16.8 Å². The van der Waals surface area contributed by atoms with Crippen LogP contribution in [0.1, 0.15) is 56.1 Å². The number of nitrogens with zero attached hydrogens (tertiary/aromatic N) is 2. The van der Waals surface area contributed by atoms with Gasteiger partial charge in [-0.15, -0.1) is 11.3 Å². The normalized spacial score (nSPS) is 27.5. The largest absolute Gasteiger partial charge is 0.351 e. The number of benzene rings is 1. The van der Waals surface area contributed by atoms with Crippen LogP contribution in [0.2, 0.25) is 0 Å². The average molecular weight is 464 g/mol. The Labute approximate surface area is 199 Å². The lowest BCUT2D eigenvalue weighted by Crippen LogP contribution is -2.65. The molecule has 1 fully saturated rings. The summed E-state index contributed by atoms with van der Waals surface area (Å²) in [4.78, 5) is 29.5. The second-order valence-corrected chi connectivity index (χ2v) is 11.0. The van der Waals surface area contributed by atoms with E-state index in [1.54, 1.807) is 11.3 Å². The van der Waals surface area contributed by atoms with E-state index >= 15 is 0 Å². The van der Waals surface area contributed by atoms with Crippen molar-refractivity contribution >= 4 is 33.4 Å². The molecule has 0 saturated heterocycles. The number of hydrogen-bond acceptors (Lipinski definition) is 3. The van der Waals surface area contributed by atoms with Crippen molar-refractivity contribution in [2.45, 2.75) is 64.6 Å². The maximum Gasteiger partial charge on any atom is 0.271 e. The van der Waals surface area contributed by atoms with Gasteiger partial charge in [-0.25, -0.2) is 0 Å². The van der Waals surface area contributed by atoms with Gasteiger partial charge in [0.15, 0.2) is 0 Å². The summed E-state index contributed by atoms with van der Waals surface area (Å²) in [7, 11) is 0. The van der Waals surface area contributed by atoms with Gasteiger partial charge in [-0.2, -0.15) is 0 Å². The number of carbonyl (C=O) groups excluding carboxylic acids is 2. The number of fused-ring (bicyclic) bond motifs is 3. The fourth-order valence-corrected chi connectivity index (χ4v) is 6.44. The van der Waals surface area contributed by atoms with Gasteiger partial charge in [-0.1, -0.05) is 57.0 Å². The Morgan fingerprint density at radius 1 is 1.18 bits per heavy atom. The molecule has 1 aromatic carbocycles. The molecule has 4 unspecified atom stereocenters. The first-order valence-corrected chi connectivity index (χ1v) is 13.0. The molecule has 5 nitrogen and oxygen atoms in total. The molecule has 3 aromatic rings. The molecule has 4 atom stereocenters. The summed E-state index contributed by atoms with van der Waals surface area (Å²) in [5.74, 6) is 0.954. The van der Waals surface area contributed by atoms with Crippen molar-refractivity contribution in [3.63, 3.8) is 0 Å². The lowest BCUT2D eigenvalue weighted by molar-refractivity contribution is -0.134. The third-order valence-electron chi connectivity index (χ3n) is 8.03. The fourth-order valence-electron chi connectivity index (χ4n) is 5.62. The number of rotatable bonds is 5. The van der Waals surface area contributed by atoms with Crippen molar-refractivity contribution in [3.8, 4) is 0 Å². The number of nitrogens with one attached hydrogen (secondary N) is 1. The van der Waals surface area contributed by atoms with E-state index in [0.717, 1.165) is 29.5 Å². The number of amides is 2. The summed E-state index contributed by atoms with van der Waals surface area (Å²) in [5.41, 5.74) is 1.97. The topological polar surface area (TPSA) is 54.3 Å². The van der Waals surface area contributed by atoms with Crippen LogP contribution in [0.15, 0.2) is 47.8 Å². The van der Waals surface area contributed by atoms with E-state index in [0.29, 0.717) is 30.6 Å². The van der Waals surface area contributed by atoms with Gasteiger partial charge in [0, 0.05) is 12.6 Å². The molecule has 6 heteroatoms. The summed E-state index contributed by atoms with van der Waals surface area (Å²) in [6.45, 7) is 7.47. The highest BCUT2D eigenvalue weighted by molar-refractivity contribution is 7.17. The van der Waals surface area contributed by atoms with Gasteiger partial charge in [0.2, 0.25) is 5.91 Å². The summed E-state index contributed by atoms with van der Waals surface area (Å²) in [5, 5.41) is 5.43. The Bertz CT molecular complexity index is 1170. The Balaban J connectivity index is 1.47. The second kappa shape index (κ2) is 8.64. The molecule has 2 amide bonds. The van der Waals surface area contributed by atoms with Crippen LogP contribution in [0.5, 0.6) is 0 Å². The molecule has 0 radical (unpaired) electrons. The predicted molar refractivity (Wildman–Crippen MR) is 134 cm³/mol. The first-order valence-electron chi connectivity index (χ1n) is 12.1. The van der Waals surface area contributed by atoms with Crippen LogP contribution in [-0.4, -0.2) is 39.4 Å². The molecule has 2 aromatic heterocycles. The Morgan fingerprint density at radius 2 is 1.97 bits per heavy atom. The van der Waals surface area contributed by atoms with Gasteiger partial charge in [-0.05, 0) is 54.7 Å².